The highest BCUT2D eigenvalue weighted by atomic mass is 127. The maximum absolute atomic E-state index is 12.3. The number of Topliss-reactive ketones (excluding diaryl/α,β-unsaturated/α-hetero) is 1. The van der Waals surface area contributed by atoms with Gasteiger partial charge in [-0.2, -0.15) is 0 Å². The van der Waals surface area contributed by atoms with Gasteiger partial charge in [0, 0.05) is 22.7 Å². The molecular formula is C33H55IN2O9. The van der Waals surface area contributed by atoms with Gasteiger partial charge in [0.15, 0.2) is 0 Å². The number of alkyl halides is 1. The number of nitrogens with one attached hydrogen (secondary N) is 2. The van der Waals surface area contributed by atoms with Crippen LogP contribution in [0.15, 0.2) is 24.3 Å². The molecule has 2 unspecified atom stereocenters. The topological polar surface area (TPSA) is 157 Å². The third-order valence-corrected chi connectivity index (χ3v) is 5.69. The van der Waals surface area contributed by atoms with E-state index in [1.165, 1.54) is 33.3 Å². The number of phenolic OH excluding ortho intramolecular Hbond substituents is 1. The Kier molecular flexibility index (Phi) is 22.2. The molecule has 0 saturated heterocycles. The molecule has 0 fully saturated rings. The number of methoxy groups -OCH3 is 2. The molecule has 1 aromatic carbocycles. The van der Waals surface area contributed by atoms with E-state index in [9.17, 15) is 29.1 Å². The average Bonchev–Trinajstić information content (AvgIpc) is 2.91. The lowest BCUT2D eigenvalue weighted by Gasteiger charge is -2.23. The van der Waals surface area contributed by atoms with E-state index in [2.05, 4.69) is 47.1 Å². The number of benzene rings is 1. The number of esters is 2. The minimum absolute atomic E-state index is 0.00989. The summed E-state index contributed by atoms with van der Waals surface area (Å²) in [6.45, 7) is 18.7. The molecule has 3 atom stereocenters. The summed E-state index contributed by atoms with van der Waals surface area (Å²) in [5.41, 5.74) is 0.0412. The van der Waals surface area contributed by atoms with Gasteiger partial charge in [0.1, 0.15) is 29.2 Å². The van der Waals surface area contributed by atoms with Crippen LogP contribution in [0.5, 0.6) is 5.75 Å². The third-order valence-electron chi connectivity index (χ3n) is 5.69. The van der Waals surface area contributed by atoms with Gasteiger partial charge >= 0.3 is 18.0 Å². The number of aromatic hydroxyl groups is 1. The fourth-order valence-corrected chi connectivity index (χ4v) is 3.53. The van der Waals surface area contributed by atoms with Gasteiger partial charge in [-0.1, -0.05) is 76.3 Å². The van der Waals surface area contributed by atoms with E-state index in [4.69, 9.17) is 14.2 Å². The molecular weight excluding hydrogens is 695 g/mol. The van der Waals surface area contributed by atoms with Crippen molar-refractivity contribution in [2.45, 2.75) is 110 Å². The molecule has 0 heterocycles. The minimum Gasteiger partial charge on any atom is -0.508 e. The predicted molar refractivity (Wildman–Crippen MR) is 183 cm³/mol. The normalized spacial score (nSPS) is 12.8. The van der Waals surface area contributed by atoms with Crippen molar-refractivity contribution in [1.82, 2.24) is 10.6 Å². The molecule has 0 aliphatic heterocycles. The Balaban J connectivity index is 0. The molecule has 0 spiro atoms. The molecule has 1 aromatic rings. The quantitative estimate of drug-likeness (QED) is 0.104. The Morgan fingerprint density at radius 2 is 1.33 bits per heavy atom. The van der Waals surface area contributed by atoms with E-state index >= 15 is 0 Å². The second-order valence-electron chi connectivity index (χ2n) is 12.5. The van der Waals surface area contributed by atoms with Crippen LogP contribution in [0.2, 0.25) is 0 Å². The predicted octanol–water partition coefficient (Wildman–Crippen LogP) is 5.77. The van der Waals surface area contributed by atoms with Crippen molar-refractivity contribution in [3.8, 4) is 5.75 Å². The number of carbonyl (C=O) groups is 5. The Labute approximate surface area is 283 Å². The van der Waals surface area contributed by atoms with Crippen molar-refractivity contribution in [3.63, 3.8) is 0 Å². The standard InChI is InChI=1S/C18H26N2O6.C12H22O3.C3H7I/c1-11(19-17(24)26-18(2,3)4)15(22)20-14(16(23)25-5)10-12-6-8-13(21)9-7-12;1-8(2)6-10(12(14)15-5)7-11(13)9(3)4;1-3(2)4/h6-9,11,14,21H,10H2,1-5H3,(H,19,24)(H,20,22);8-10H,6-7H2,1-5H3;3H,1-2H3/t11?,14-;;/m0../s1. The van der Waals surface area contributed by atoms with Gasteiger partial charge in [-0.05, 0) is 57.7 Å². The third kappa shape index (κ3) is 23.1. The summed E-state index contributed by atoms with van der Waals surface area (Å²) in [5, 5.41) is 14.3. The molecule has 11 nitrogen and oxygen atoms in total. The van der Waals surface area contributed by atoms with Crippen LogP contribution in [-0.4, -0.2) is 70.7 Å². The maximum atomic E-state index is 12.3. The number of phenols is 1. The summed E-state index contributed by atoms with van der Waals surface area (Å²) in [6, 6.07) is 4.41. The zero-order valence-corrected chi connectivity index (χ0v) is 31.1. The highest BCUT2D eigenvalue weighted by Crippen LogP contribution is 2.19. The van der Waals surface area contributed by atoms with E-state index < -0.39 is 35.7 Å². The first-order chi connectivity index (χ1) is 20.6. The molecule has 1 rings (SSSR count). The second-order valence-corrected chi connectivity index (χ2v) is 15.0. The number of halogens is 1. The largest absolute Gasteiger partial charge is 0.508 e. The lowest BCUT2D eigenvalue weighted by Crippen LogP contribution is -2.51. The number of ketones is 1. The van der Waals surface area contributed by atoms with Crippen LogP contribution in [0.1, 0.15) is 87.6 Å². The molecule has 3 N–H and O–H groups in total. The number of hydrogen-bond acceptors (Lipinski definition) is 9. The first kappa shape index (κ1) is 44.2. The van der Waals surface area contributed by atoms with Crippen molar-refractivity contribution in [3.05, 3.63) is 29.8 Å². The van der Waals surface area contributed by atoms with Gasteiger partial charge in [0.25, 0.3) is 0 Å². The van der Waals surface area contributed by atoms with Crippen LogP contribution >= 0.6 is 22.6 Å². The maximum Gasteiger partial charge on any atom is 0.408 e. The van der Waals surface area contributed by atoms with Crippen LogP contribution in [0.4, 0.5) is 4.79 Å². The summed E-state index contributed by atoms with van der Waals surface area (Å²) in [5.74, 6) is -1.09. The van der Waals surface area contributed by atoms with Gasteiger partial charge in [0.2, 0.25) is 5.91 Å². The summed E-state index contributed by atoms with van der Waals surface area (Å²) >= 11 is 2.34. The fourth-order valence-electron chi connectivity index (χ4n) is 3.53. The van der Waals surface area contributed by atoms with Gasteiger partial charge in [-0.25, -0.2) is 9.59 Å². The zero-order valence-electron chi connectivity index (χ0n) is 29.0. The van der Waals surface area contributed by atoms with E-state index in [1.807, 2.05) is 27.7 Å². The second kappa shape index (κ2) is 22.6. The lowest BCUT2D eigenvalue weighted by molar-refractivity contribution is -0.148. The van der Waals surface area contributed by atoms with Crippen LogP contribution in [-0.2, 0) is 39.8 Å². The molecule has 12 heteroatoms. The molecule has 0 aliphatic rings. The molecule has 258 valence electrons. The van der Waals surface area contributed by atoms with Crippen molar-refractivity contribution in [2.75, 3.05) is 14.2 Å². The van der Waals surface area contributed by atoms with E-state index in [-0.39, 0.29) is 35.8 Å². The number of carbonyl (C=O) groups excluding carboxylic acids is 5. The highest BCUT2D eigenvalue weighted by Gasteiger charge is 2.27. The van der Waals surface area contributed by atoms with Crippen LogP contribution in [0, 0.1) is 17.8 Å². The van der Waals surface area contributed by atoms with Crippen molar-refractivity contribution in [2.24, 2.45) is 17.8 Å². The Morgan fingerprint density at radius 3 is 1.73 bits per heavy atom. The lowest BCUT2D eigenvalue weighted by atomic mass is 9.90. The summed E-state index contributed by atoms with van der Waals surface area (Å²) in [7, 11) is 2.59. The minimum atomic E-state index is -0.931. The monoisotopic (exact) mass is 750 g/mol. The van der Waals surface area contributed by atoms with Crippen LogP contribution in [0.25, 0.3) is 0 Å². The molecule has 0 aromatic heterocycles. The van der Waals surface area contributed by atoms with Gasteiger partial charge in [-0.3, -0.25) is 14.4 Å². The molecule has 0 radical (unpaired) electrons. The summed E-state index contributed by atoms with van der Waals surface area (Å²) in [6.07, 6.45) is 0.471. The SMILES string of the molecule is CC(C)I.COC(=O)C(CC(=O)C(C)C)CC(C)C.COC(=O)[C@H](Cc1ccc(O)cc1)NC(=O)C(C)NC(=O)OC(C)(C)C. The van der Waals surface area contributed by atoms with Crippen molar-refractivity contribution < 1.29 is 43.3 Å². The van der Waals surface area contributed by atoms with Crippen LogP contribution < -0.4 is 10.6 Å². The zero-order chi connectivity index (χ0) is 35.5. The van der Waals surface area contributed by atoms with Crippen molar-refractivity contribution >= 4 is 52.3 Å². The molecule has 0 bridgehead atoms. The number of alkyl carbamates (subject to hydrolysis) is 1. The average molecular weight is 751 g/mol. The highest BCUT2D eigenvalue weighted by molar-refractivity contribution is 14.1. The van der Waals surface area contributed by atoms with E-state index in [0.717, 1.165) is 9.49 Å². The molecule has 2 amide bonds. The van der Waals surface area contributed by atoms with Gasteiger partial charge < -0.3 is 30.0 Å². The Hall–Kier alpha value is -2.90. The molecule has 0 saturated carbocycles. The smallest absolute Gasteiger partial charge is 0.408 e. The van der Waals surface area contributed by atoms with Crippen LogP contribution in [0.3, 0.4) is 0 Å². The van der Waals surface area contributed by atoms with Gasteiger partial charge in [0.05, 0.1) is 20.1 Å². The first-order valence-electron chi connectivity index (χ1n) is 15.0. The van der Waals surface area contributed by atoms with Crippen molar-refractivity contribution in [1.29, 1.82) is 0 Å². The van der Waals surface area contributed by atoms with E-state index in [0.29, 0.717) is 18.8 Å². The summed E-state index contributed by atoms with van der Waals surface area (Å²) < 4.78 is 15.3. The number of rotatable bonds is 12. The number of ether oxygens (including phenoxy) is 3. The number of hydrogen-bond donors (Lipinski definition) is 3. The Morgan fingerprint density at radius 1 is 0.844 bits per heavy atom. The molecule has 0 aliphatic carbocycles. The van der Waals surface area contributed by atoms with Gasteiger partial charge in [-0.15, -0.1) is 0 Å². The molecule has 45 heavy (non-hydrogen) atoms. The Bertz CT molecular complexity index is 1050. The first-order valence-corrected chi connectivity index (χ1v) is 16.3. The number of amides is 2. The summed E-state index contributed by atoms with van der Waals surface area (Å²) in [4.78, 5) is 59.0. The fraction of sp³-hybridized carbons (Fsp3) is 0.667. The van der Waals surface area contributed by atoms with E-state index in [1.54, 1.807) is 32.9 Å².